The second-order valence-corrected chi connectivity index (χ2v) is 13.1. The molecule has 0 saturated carbocycles. The van der Waals surface area contributed by atoms with Gasteiger partial charge in [0.15, 0.2) is 0 Å². The van der Waals surface area contributed by atoms with E-state index < -0.39 is 0 Å². The zero-order valence-corrected chi connectivity index (χ0v) is 28.4. The number of hydrogen-bond acceptors (Lipinski definition) is 3. The number of rotatable bonds is 35. The Balaban J connectivity index is 3.21. The fourth-order valence-corrected chi connectivity index (χ4v) is 5.92. The predicted octanol–water partition coefficient (Wildman–Crippen LogP) is 12.8. The van der Waals surface area contributed by atoms with Gasteiger partial charge in [0.2, 0.25) is 0 Å². The lowest BCUT2D eigenvalue weighted by atomic mass is 10.0. The lowest BCUT2D eigenvalue weighted by Crippen LogP contribution is -2.06. The van der Waals surface area contributed by atoms with E-state index in [-0.39, 0.29) is 12.1 Å². The molecule has 1 atom stereocenters. The molecule has 1 N–H and O–H groups in total. The topological polar surface area (TPSA) is 46.5 Å². The molecule has 0 aliphatic heterocycles. The van der Waals surface area contributed by atoms with Crippen LogP contribution in [-0.4, -0.2) is 23.8 Å². The van der Waals surface area contributed by atoms with Gasteiger partial charge < -0.3 is 9.84 Å². The minimum Gasteiger partial charge on any atom is -0.466 e. The van der Waals surface area contributed by atoms with Gasteiger partial charge in [-0.25, -0.2) is 0 Å². The molecule has 0 spiro atoms. The molecule has 0 radical (unpaired) electrons. The third-order valence-electron chi connectivity index (χ3n) is 8.82. The maximum atomic E-state index is 11.9. The van der Waals surface area contributed by atoms with Crippen molar-refractivity contribution in [2.24, 2.45) is 0 Å². The Kier molecular flexibility index (Phi) is 35.1. The zero-order chi connectivity index (χ0) is 29.9. The smallest absolute Gasteiger partial charge is 0.305 e. The molecule has 0 amide bonds. The Bertz CT molecular complexity index is 492. The summed E-state index contributed by atoms with van der Waals surface area (Å²) >= 11 is 0. The van der Waals surface area contributed by atoms with E-state index in [0.29, 0.717) is 13.0 Å². The normalized spacial score (nSPS) is 12.2. The van der Waals surface area contributed by atoms with Gasteiger partial charge in [-0.05, 0) is 25.7 Å². The Morgan fingerprint density at radius 3 is 1.10 bits per heavy atom. The van der Waals surface area contributed by atoms with Crippen LogP contribution in [0.1, 0.15) is 226 Å². The van der Waals surface area contributed by atoms with Crippen LogP contribution in [0, 0.1) is 0 Å². The molecule has 0 aliphatic carbocycles. The molecule has 246 valence electrons. The molecule has 0 aromatic rings. The highest BCUT2D eigenvalue weighted by atomic mass is 16.5. The molecule has 0 rings (SSSR count). The van der Waals surface area contributed by atoms with Crippen molar-refractivity contribution in [3.8, 4) is 0 Å². The minimum absolute atomic E-state index is 0.00507. The van der Waals surface area contributed by atoms with Crippen molar-refractivity contribution in [1.29, 1.82) is 0 Å². The highest BCUT2D eigenvalue weighted by molar-refractivity contribution is 5.69. The number of esters is 1. The van der Waals surface area contributed by atoms with Crippen molar-refractivity contribution in [3.63, 3.8) is 0 Å². The number of carbonyl (C=O) groups is 1. The van der Waals surface area contributed by atoms with Crippen molar-refractivity contribution < 1.29 is 14.6 Å². The molecule has 0 fully saturated rings. The summed E-state index contributed by atoms with van der Waals surface area (Å²) in [5, 5.41) is 10.1. The lowest BCUT2D eigenvalue weighted by Gasteiger charge is -2.10. The fraction of sp³-hybridized carbons (Fsp3) is 0.974. The van der Waals surface area contributed by atoms with Gasteiger partial charge in [0.1, 0.15) is 0 Å². The van der Waals surface area contributed by atoms with Crippen LogP contribution >= 0.6 is 0 Å². The average Bonchev–Trinajstić information content (AvgIpc) is 2.97. The van der Waals surface area contributed by atoms with Crippen LogP contribution in [0.5, 0.6) is 0 Å². The van der Waals surface area contributed by atoms with Gasteiger partial charge in [-0.1, -0.05) is 194 Å². The molecule has 1 unspecified atom stereocenters. The molecule has 0 bridgehead atoms. The summed E-state index contributed by atoms with van der Waals surface area (Å²) in [5.74, 6) is 0.00507. The molecule has 0 heterocycles. The molecule has 3 heteroatoms. The molecule has 0 saturated heterocycles. The van der Waals surface area contributed by atoms with E-state index in [0.717, 1.165) is 32.1 Å². The first-order valence-electron chi connectivity index (χ1n) is 19.0. The summed E-state index contributed by atoms with van der Waals surface area (Å²) in [6.07, 6.45) is 41.8. The Morgan fingerprint density at radius 2 is 0.732 bits per heavy atom. The van der Waals surface area contributed by atoms with Gasteiger partial charge in [0.25, 0.3) is 0 Å². The number of aliphatic hydroxyl groups is 1. The summed E-state index contributed by atoms with van der Waals surface area (Å²) in [4.78, 5) is 11.9. The van der Waals surface area contributed by atoms with E-state index >= 15 is 0 Å². The van der Waals surface area contributed by atoms with Gasteiger partial charge in [0.05, 0.1) is 12.7 Å². The van der Waals surface area contributed by atoms with Crippen molar-refractivity contribution in [3.05, 3.63) is 0 Å². The van der Waals surface area contributed by atoms with Gasteiger partial charge in [-0.15, -0.1) is 0 Å². The van der Waals surface area contributed by atoms with Crippen molar-refractivity contribution in [1.82, 2.24) is 0 Å². The second-order valence-electron chi connectivity index (χ2n) is 13.1. The van der Waals surface area contributed by atoms with E-state index in [1.165, 1.54) is 173 Å². The maximum absolute atomic E-state index is 11.9. The summed E-state index contributed by atoms with van der Waals surface area (Å²) in [6, 6.07) is 0. The lowest BCUT2D eigenvalue weighted by molar-refractivity contribution is -0.143. The first-order chi connectivity index (χ1) is 20.2. The SMILES string of the molecule is CCCCCCCCCCCCCCCCCCOC(=O)CCCCCCCCCCC(O)CCCCCCCC. The number of aliphatic hydroxyl groups excluding tert-OH is 1. The van der Waals surface area contributed by atoms with Gasteiger partial charge in [0, 0.05) is 6.42 Å². The fourth-order valence-electron chi connectivity index (χ4n) is 5.92. The number of ether oxygens (including phenoxy) is 1. The van der Waals surface area contributed by atoms with Crippen LogP contribution in [0.3, 0.4) is 0 Å². The van der Waals surface area contributed by atoms with Crippen LogP contribution in [0.15, 0.2) is 0 Å². The number of carbonyl (C=O) groups excluding carboxylic acids is 1. The quantitative estimate of drug-likeness (QED) is 0.0599. The molecule has 0 aromatic heterocycles. The summed E-state index contributed by atoms with van der Waals surface area (Å²) in [7, 11) is 0. The average molecular weight is 581 g/mol. The second kappa shape index (κ2) is 35.6. The van der Waals surface area contributed by atoms with E-state index in [1.54, 1.807) is 0 Å². The van der Waals surface area contributed by atoms with E-state index in [2.05, 4.69) is 13.8 Å². The third-order valence-corrected chi connectivity index (χ3v) is 8.82. The van der Waals surface area contributed by atoms with E-state index in [9.17, 15) is 9.90 Å². The molecular formula is C38H76O3. The van der Waals surface area contributed by atoms with E-state index in [4.69, 9.17) is 4.74 Å². The van der Waals surface area contributed by atoms with Gasteiger partial charge in [-0.3, -0.25) is 4.79 Å². The highest BCUT2D eigenvalue weighted by Gasteiger charge is 2.05. The van der Waals surface area contributed by atoms with Crippen molar-refractivity contribution in [2.75, 3.05) is 6.61 Å². The minimum atomic E-state index is -0.0787. The molecule has 3 nitrogen and oxygen atoms in total. The predicted molar refractivity (Wildman–Crippen MR) is 181 cm³/mol. The van der Waals surface area contributed by atoms with Crippen LogP contribution < -0.4 is 0 Å². The zero-order valence-electron chi connectivity index (χ0n) is 28.4. The maximum Gasteiger partial charge on any atom is 0.305 e. The number of hydrogen-bond donors (Lipinski definition) is 1. The largest absolute Gasteiger partial charge is 0.466 e. The number of unbranched alkanes of at least 4 members (excludes halogenated alkanes) is 27. The molecule has 0 aromatic carbocycles. The summed E-state index contributed by atoms with van der Waals surface area (Å²) < 4.78 is 5.44. The van der Waals surface area contributed by atoms with Crippen molar-refractivity contribution in [2.45, 2.75) is 232 Å². The first kappa shape index (κ1) is 40.4. The van der Waals surface area contributed by atoms with Crippen LogP contribution in [0.25, 0.3) is 0 Å². The molecule has 41 heavy (non-hydrogen) atoms. The Morgan fingerprint density at radius 1 is 0.439 bits per heavy atom. The monoisotopic (exact) mass is 581 g/mol. The van der Waals surface area contributed by atoms with Gasteiger partial charge in [-0.2, -0.15) is 0 Å². The highest BCUT2D eigenvalue weighted by Crippen LogP contribution is 2.16. The molecular weight excluding hydrogens is 504 g/mol. The van der Waals surface area contributed by atoms with Crippen LogP contribution in [-0.2, 0) is 9.53 Å². The Hall–Kier alpha value is -0.570. The first-order valence-corrected chi connectivity index (χ1v) is 19.0. The van der Waals surface area contributed by atoms with E-state index in [1.807, 2.05) is 0 Å². The van der Waals surface area contributed by atoms with Crippen molar-refractivity contribution >= 4 is 5.97 Å². The molecule has 0 aliphatic rings. The summed E-state index contributed by atoms with van der Waals surface area (Å²) in [6.45, 7) is 5.16. The van der Waals surface area contributed by atoms with Gasteiger partial charge >= 0.3 is 5.97 Å². The van der Waals surface area contributed by atoms with Crippen LogP contribution in [0.4, 0.5) is 0 Å². The van der Waals surface area contributed by atoms with Crippen LogP contribution in [0.2, 0.25) is 0 Å². The standard InChI is InChI=1S/C38H76O3/c1-3-5-7-9-11-12-13-14-15-16-17-18-21-24-28-32-36-41-38(40)35-31-27-23-20-19-22-26-30-34-37(39)33-29-25-10-8-6-4-2/h37,39H,3-36H2,1-2H3. The summed E-state index contributed by atoms with van der Waals surface area (Å²) in [5.41, 5.74) is 0. The third kappa shape index (κ3) is 35.5. The Labute approximate surface area is 258 Å².